The quantitative estimate of drug-likeness (QED) is 0.637. The van der Waals surface area contributed by atoms with E-state index in [-0.39, 0.29) is 0 Å². The highest BCUT2D eigenvalue weighted by Gasteiger charge is 2.20. The van der Waals surface area contributed by atoms with Crippen LogP contribution in [0, 0.1) is 3.57 Å². The van der Waals surface area contributed by atoms with Crippen molar-refractivity contribution in [3.63, 3.8) is 0 Å². The maximum absolute atomic E-state index is 5.92. The monoisotopic (exact) mass is 365 g/mol. The van der Waals surface area contributed by atoms with Crippen LogP contribution in [-0.2, 0) is 0 Å². The molecule has 0 amide bonds. The average molecular weight is 366 g/mol. The molecular formula is C12H17ClIN3. The molecule has 94 valence electrons. The molecule has 2 rings (SSSR count). The smallest absolute Gasteiger partial charge is 0.131 e. The third-order valence-corrected chi connectivity index (χ3v) is 4.38. The zero-order valence-corrected chi connectivity index (χ0v) is 12.8. The largest absolute Gasteiger partial charge is 0.381 e. The number of anilines is 1. The van der Waals surface area contributed by atoms with Gasteiger partial charge in [0.1, 0.15) is 5.15 Å². The van der Waals surface area contributed by atoms with Crippen molar-refractivity contribution in [2.45, 2.75) is 37.8 Å². The molecule has 2 N–H and O–H groups in total. The number of aromatic nitrogens is 1. The van der Waals surface area contributed by atoms with Crippen molar-refractivity contribution in [2.75, 3.05) is 12.4 Å². The Morgan fingerprint density at radius 1 is 1.29 bits per heavy atom. The predicted octanol–water partition coefficient (Wildman–Crippen LogP) is 3.28. The first kappa shape index (κ1) is 13.4. The Balaban J connectivity index is 1.95. The summed E-state index contributed by atoms with van der Waals surface area (Å²) in [7, 11) is 2.05. The molecule has 17 heavy (non-hydrogen) atoms. The number of pyridine rings is 1. The minimum Gasteiger partial charge on any atom is -0.381 e. The highest BCUT2D eigenvalue weighted by Crippen LogP contribution is 2.26. The highest BCUT2D eigenvalue weighted by molar-refractivity contribution is 14.1. The Morgan fingerprint density at radius 3 is 2.59 bits per heavy atom. The first-order valence-corrected chi connectivity index (χ1v) is 7.39. The minimum atomic E-state index is 0.553. The van der Waals surface area contributed by atoms with Gasteiger partial charge in [-0.3, -0.25) is 0 Å². The Morgan fingerprint density at radius 2 is 1.94 bits per heavy atom. The van der Waals surface area contributed by atoms with Crippen molar-refractivity contribution in [1.29, 1.82) is 0 Å². The number of halogens is 2. The van der Waals surface area contributed by atoms with Gasteiger partial charge < -0.3 is 10.6 Å². The molecule has 1 aliphatic carbocycles. The molecule has 1 aromatic rings. The van der Waals surface area contributed by atoms with Gasteiger partial charge in [0.2, 0.25) is 0 Å². The minimum absolute atomic E-state index is 0.553. The van der Waals surface area contributed by atoms with E-state index in [4.69, 9.17) is 11.6 Å². The van der Waals surface area contributed by atoms with E-state index in [0.717, 1.165) is 9.26 Å². The van der Waals surface area contributed by atoms with Gasteiger partial charge in [-0.2, -0.15) is 0 Å². The van der Waals surface area contributed by atoms with Crippen LogP contribution in [0.25, 0.3) is 0 Å². The van der Waals surface area contributed by atoms with Crippen LogP contribution < -0.4 is 10.6 Å². The number of hydrogen-bond acceptors (Lipinski definition) is 3. The summed E-state index contributed by atoms with van der Waals surface area (Å²) in [5.41, 5.74) is 1.11. The van der Waals surface area contributed by atoms with Crippen LogP contribution in [0.4, 0.5) is 5.69 Å². The third kappa shape index (κ3) is 3.69. The number of nitrogens with one attached hydrogen (secondary N) is 2. The summed E-state index contributed by atoms with van der Waals surface area (Å²) in [4.78, 5) is 4.07. The Hall–Kier alpha value is -0.0700. The van der Waals surface area contributed by atoms with Crippen LogP contribution in [0.5, 0.6) is 0 Å². The second kappa shape index (κ2) is 6.20. The van der Waals surface area contributed by atoms with Gasteiger partial charge in [-0.1, -0.05) is 11.6 Å². The van der Waals surface area contributed by atoms with E-state index < -0.39 is 0 Å². The van der Waals surface area contributed by atoms with Gasteiger partial charge in [-0.25, -0.2) is 4.98 Å². The first-order chi connectivity index (χ1) is 8.19. The van der Waals surface area contributed by atoms with Gasteiger partial charge in [0.15, 0.2) is 0 Å². The number of hydrogen-bond donors (Lipinski definition) is 2. The molecule has 0 aliphatic heterocycles. The molecule has 0 unspecified atom stereocenters. The SMILES string of the molecule is CNC1CCC(Nc2cc(Cl)ncc2I)CC1. The van der Waals surface area contributed by atoms with Crippen molar-refractivity contribution in [2.24, 2.45) is 0 Å². The maximum Gasteiger partial charge on any atom is 0.131 e. The van der Waals surface area contributed by atoms with Gasteiger partial charge in [0.05, 0.1) is 9.26 Å². The molecular weight excluding hydrogens is 349 g/mol. The van der Waals surface area contributed by atoms with Crippen molar-refractivity contribution in [3.05, 3.63) is 21.0 Å². The van der Waals surface area contributed by atoms with Crippen LogP contribution in [0.2, 0.25) is 5.15 Å². The van der Waals surface area contributed by atoms with E-state index in [1.807, 2.05) is 19.3 Å². The van der Waals surface area contributed by atoms with Crippen LogP contribution >= 0.6 is 34.2 Å². The lowest BCUT2D eigenvalue weighted by Crippen LogP contribution is -2.35. The van der Waals surface area contributed by atoms with Crippen molar-refractivity contribution in [3.8, 4) is 0 Å². The fourth-order valence-corrected chi connectivity index (χ4v) is 2.88. The van der Waals surface area contributed by atoms with Crippen molar-refractivity contribution in [1.82, 2.24) is 10.3 Å². The average Bonchev–Trinajstić information content (AvgIpc) is 2.35. The van der Waals surface area contributed by atoms with Gasteiger partial charge >= 0.3 is 0 Å². The number of nitrogens with zero attached hydrogens (tertiary/aromatic N) is 1. The standard InChI is InChI=1S/C12H17ClIN3/c1-15-8-2-4-9(5-3-8)17-11-6-12(13)16-7-10(11)14/h6-9,15H,2-5H2,1H3,(H,16,17). The number of rotatable bonds is 3. The van der Waals surface area contributed by atoms with E-state index in [9.17, 15) is 0 Å². The molecule has 0 saturated heterocycles. The summed E-state index contributed by atoms with van der Waals surface area (Å²) in [6.07, 6.45) is 6.71. The van der Waals surface area contributed by atoms with Crippen LogP contribution in [0.1, 0.15) is 25.7 Å². The molecule has 1 fully saturated rings. The predicted molar refractivity (Wildman–Crippen MR) is 80.7 cm³/mol. The summed E-state index contributed by atoms with van der Waals surface area (Å²) in [5.74, 6) is 0. The molecule has 1 aromatic heterocycles. The molecule has 0 radical (unpaired) electrons. The second-order valence-corrected chi connectivity index (χ2v) is 6.02. The lowest BCUT2D eigenvalue weighted by molar-refractivity contribution is 0.371. The molecule has 5 heteroatoms. The summed E-state index contributed by atoms with van der Waals surface area (Å²) in [6.45, 7) is 0. The van der Waals surface area contributed by atoms with Crippen LogP contribution in [-0.4, -0.2) is 24.1 Å². The van der Waals surface area contributed by atoms with E-state index in [1.54, 1.807) is 0 Å². The lowest BCUT2D eigenvalue weighted by atomic mass is 9.91. The topological polar surface area (TPSA) is 37.0 Å². The summed E-state index contributed by atoms with van der Waals surface area (Å²) >= 11 is 8.20. The Labute approximate surface area is 121 Å². The van der Waals surface area contributed by atoms with Gasteiger partial charge in [-0.15, -0.1) is 0 Å². The lowest BCUT2D eigenvalue weighted by Gasteiger charge is -2.29. The molecule has 0 atom stereocenters. The molecule has 1 heterocycles. The molecule has 0 spiro atoms. The van der Waals surface area contributed by atoms with Gasteiger partial charge in [0, 0.05) is 18.3 Å². The van der Waals surface area contributed by atoms with Crippen LogP contribution in [0.15, 0.2) is 12.3 Å². The second-order valence-electron chi connectivity index (χ2n) is 4.47. The summed E-state index contributed by atoms with van der Waals surface area (Å²) < 4.78 is 1.13. The fraction of sp³-hybridized carbons (Fsp3) is 0.583. The fourth-order valence-electron chi connectivity index (χ4n) is 2.27. The Bertz CT molecular complexity index is 378. The van der Waals surface area contributed by atoms with E-state index in [0.29, 0.717) is 17.2 Å². The zero-order chi connectivity index (χ0) is 12.3. The van der Waals surface area contributed by atoms with Gasteiger partial charge in [0.25, 0.3) is 0 Å². The maximum atomic E-state index is 5.92. The van der Waals surface area contributed by atoms with Crippen molar-refractivity contribution >= 4 is 39.9 Å². The van der Waals surface area contributed by atoms with Crippen LogP contribution in [0.3, 0.4) is 0 Å². The van der Waals surface area contributed by atoms with E-state index >= 15 is 0 Å². The first-order valence-electron chi connectivity index (χ1n) is 5.94. The van der Waals surface area contributed by atoms with Gasteiger partial charge in [-0.05, 0) is 61.4 Å². The normalized spacial score (nSPS) is 24.6. The highest BCUT2D eigenvalue weighted by atomic mass is 127. The molecule has 0 aromatic carbocycles. The summed E-state index contributed by atoms with van der Waals surface area (Å²) in [6, 6.07) is 3.16. The van der Waals surface area contributed by atoms with E-state index in [2.05, 4.69) is 38.2 Å². The third-order valence-electron chi connectivity index (χ3n) is 3.32. The molecule has 1 saturated carbocycles. The molecule has 3 nitrogen and oxygen atoms in total. The Kier molecular flexibility index (Phi) is 4.87. The zero-order valence-electron chi connectivity index (χ0n) is 9.84. The molecule has 1 aliphatic rings. The molecule has 0 bridgehead atoms. The van der Waals surface area contributed by atoms with Crippen molar-refractivity contribution < 1.29 is 0 Å². The van der Waals surface area contributed by atoms with E-state index in [1.165, 1.54) is 25.7 Å². The summed E-state index contributed by atoms with van der Waals surface area (Å²) in [5, 5.41) is 7.48.